The number of piperidine rings is 2. The van der Waals surface area contributed by atoms with Crippen LogP contribution in [0.3, 0.4) is 0 Å². The molecular weight excluding hydrogens is 476 g/mol. The van der Waals surface area contributed by atoms with E-state index in [0.717, 1.165) is 16.5 Å². The van der Waals surface area contributed by atoms with Gasteiger partial charge in [0.2, 0.25) is 0 Å². The van der Waals surface area contributed by atoms with Gasteiger partial charge in [-0.15, -0.1) is 20.5 Å². The molecule has 0 bridgehead atoms. The fourth-order valence-corrected chi connectivity index (χ4v) is 6.51. The molecule has 0 aliphatic carbocycles. The fourth-order valence-electron chi connectivity index (χ4n) is 6.51. The molecule has 0 aromatic carbocycles. The van der Waals surface area contributed by atoms with Crippen molar-refractivity contribution in [2.45, 2.75) is 154 Å². The monoisotopic (exact) mass is 526 g/mol. The van der Waals surface area contributed by atoms with Crippen molar-refractivity contribution >= 4 is 11.9 Å². The third-order valence-corrected chi connectivity index (χ3v) is 8.16. The first-order valence-electron chi connectivity index (χ1n) is 13.8. The van der Waals surface area contributed by atoms with Crippen molar-refractivity contribution in [1.82, 2.24) is 10.1 Å². The Morgan fingerprint density at radius 3 is 1.35 bits per heavy atom. The molecule has 0 amide bonds. The smallest absolute Gasteiger partial charge is 0.323 e. The maximum absolute atomic E-state index is 13.9. The van der Waals surface area contributed by atoms with Crippen molar-refractivity contribution in [1.29, 1.82) is 0 Å². The molecule has 1 N–H and O–H groups in total. The third kappa shape index (κ3) is 7.04. The lowest BCUT2D eigenvalue weighted by molar-refractivity contribution is -0.301. The number of aliphatic hydroxyl groups is 1. The van der Waals surface area contributed by atoms with Crippen molar-refractivity contribution in [3.63, 3.8) is 0 Å². The highest BCUT2D eigenvalue weighted by atomic mass is 16.6. The number of carbonyl (C=O) groups is 2. The second-order valence-electron chi connectivity index (χ2n) is 13.7. The lowest BCUT2D eigenvalue weighted by Crippen LogP contribution is -2.61. The molecule has 9 heteroatoms. The highest BCUT2D eigenvalue weighted by Gasteiger charge is 2.54. The van der Waals surface area contributed by atoms with Gasteiger partial charge in [0.15, 0.2) is 5.41 Å². The first-order chi connectivity index (χ1) is 16.8. The molecule has 0 aromatic heterocycles. The van der Waals surface area contributed by atoms with Crippen LogP contribution >= 0.6 is 0 Å². The standard InChI is InChI=1S/C28H50N2O7/c1-10-11-13-28(14-12-15-31,22(32)36-20-16-24(2,3)29(34)25(4,5)17-20)23(33)37-21-18-26(6,7)30(35)27(8,9)19-21/h20-21,31H,10-19H2,1-9H3. The summed E-state index contributed by atoms with van der Waals surface area (Å²) in [5.41, 5.74) is -4.46. The summed E-state index contributed by atoms with van der Waals surface area (Å²) in [6.07, 6.45) is 2.38. The number of carbonyl (C=O) groups excluding carboxylic acids is 2. The second kappa shape index (κ2) is 11.5. The summed E-state index contributed by atoms with van der Waals surface area (Å²) in [6, 6.07) is 0. The first-order valence-corrected chi connectivity index (χ1v) is 13.8. The average molecular weight is 527 g/mol. The summed E-state index contributed by atoms with van der Waals surface area (Å²) < 4.78 is 12.1. The van der Waals surface area contributed by atoms with E-state index < -0.39 is 51.7 Å². The average Bonchev–Trinajstić information content (AvgIpc) is 2.75. The predicted molar refractivity (Wildman–Crippen MR) is 138 cm³/mol. The van der Waals surface area contributed by atoms with Crippen LogP contribution in [0.25, 0.3) is 0 Å². The summed E-state index contributed by atoms with van der Waals surface area (Å²) >= 11 is 0. The van der Waals surface area contributed by atoms with E-state index in [1.54, 1.807) is 0 Å². The summed E-state index contributed by atoms with van der Waals surface area (Å²) in [4.78, 5) is 27.8. The minimum absolute atomic E-state index is 0.113. The Labute approximate surface area is 223 Å². The van der Waals surface area contributed by atoms with Crippen LogP contribution in [-0.2, 0) is 29.5 Å². The van der Waals surface area contributed by atoms with E-state index in [9.17, 15) is 25.1 Å². The van der Waals surface area contributed by atoms with Gasteiger partial charge in [0, 0.05) is 54.4 Å². The predicted octanol–water partition coefficient (Wildman–Crippen LogP) is 4.76. The fraction of sp³-hybridized carbons (Fsp3) is 0.929. The molecule has 2 fully saturated rings. The van der Waals surface area contributed by atoms with E-state index in [1.807, 2.05) is 62.3 Å². The van der Waals surface area contributed by atoms with E-state index in [1.165, 1.54) is 0 Å². The molecule has 2 rings (SSSR count). The second-order valence-corrected chi connectivity index (χ2v) is 13.7. The molecule has 2 heterocycles. The normalized spacial score (nSPS) is 24.5. The quantitative estimate of drug-likeness (QED) is 0.322. The largest absolute Gasteiger partial charge is 0.461 e. The number of hydroxylamine groups is 4. The Morgan fingerprint density at radius 1 is 0.730 bits per heavy atom. The molecule has 214 valence electrons. The highest BCUT2D eigenvalue weighted by molar-refractivity contribution is 6.00. The number of nitrogens with zero attached hydrogens (tertiary/aromatic N) is 2. The highest BCUT2D eigenvalue weighted by Crippen LogP contribution is 2.43. The molecule has 0 saturated carbocycles. The number of hydrogen-bond acceptors (Lipinski definition) is 7. The first kappa shape index (κ1) is 32.0. The van der Waals surface area contributed by atoms with Crippen LogP contribution in [-0.4, -0.2) is 68.1 Å². The van der Waals surface area contributed by atoms with Gasteiger partial charge in [-0.1, -0.05) is 19.8 Å². The number of unbranched alkanes of at least 4 members (excludes halogenated alkanes) is 1. The lowest BCUT2D eigenvalue weighted by Gasteiger charge is -2.50. The van der Waals surface area contributed by atoms with Gasteiger partial charge in [0.1, 0.15) is 12.2 Å². The third-order valence-electron chi connectivity index (χ3n) is 8.16. The maximum Gasteiger partial charge on any atom is 0.323 e. The Morgan fingerprint density at radius 2 is 1.05 bits per heavy atom. The van der Waals surface area contributed by atoms with Gasteiger partial charge in [-0.25, -0.2) is 0 Å². The Bertz CT molecular complexity index is 706. The van der Waals surface area contributed by atoms with Gasteiger partial charge >= 0.3 is 11.9 Å². The molecule has 2 aliphatic rings. The molecule has 37 heavy (non-hydrogen) atoms. The number of rotatable bonds is 10. The minimum atomic E-state index is -1.55. The van der Waals surface area contributed by atoms with Gasteiger partial charge in [-0.3, -0.25) is 9.59 Å². The zero-order chi connectivity index (χ0) is 28.4. The molecule has 2 radical (unpaired) electrons. The van der Waals surface area contributed by atoms with E-state index >= 15 is 0 Å². The van der Waals surface area contributed by atoms with Crippen molar-refractivity contribution in [2.24, 2.45) is 5.41 Å². The van der Waals surface area contributed by atoms with Gasteiger partial charge in [0.25, 0.3) is 0 Å². The SMILES string of the molecule is CCCCC(CCCO)(C(=O)OC1CC(C)(C)N([O])C(C)(C)C1)C(=O)OC1CC(C)(C)N([O])C(C)(C)C1. The Kier molecular flexibility index (Phi) is 9.90. The van der Waals surface area contributed by atoms with E-state index in [-0.39, 0.29) is 25.9 Å². The maximum atomic E-state index is 13.9. The molecule has 0 spiro atoms. The summed E-state index contributed by atoms with van der Waals surface area (Å²) in [6.45, 7) is 16.5. The Hall–Kier alpha value is -1.26. The molecular formula is C28H50N2O7. The van der Waals surface area contributed by atoms with Crippen molar-refractivity contribution in [3.05, 3.63) is 0 Å². The van der Waals surface area contributed by atoms with Gasteiger partial charge < -0.3 is 14.6 Å². The molecule has 0 unspecified atom stereocenters. The molecule has 9 nitrogen and oxygen atoms in total. The topological polar surface area (TPSA) is 119 Å². The Balaban J connectivity index is 2.35. The summed E-state index contributed by atoms with van der Waals surface area (Å²) in [5, 5.41) is 37.3. The molecule has 2 saturated heterocycles. The van der Waals surface area contributed by atoms with Crippen molar-refractivity contribution < 1.29 is 34.6 Å². The van der Waals surface area contributed by atoms with Crippen LogP contribution in [0.15, 0.2) is 0 Å². The molecule has 0 aromatic rings. The van der Waals surface area contributed by atoms with Gasteiger partial charge in [-0.2, -0.15) is 0 Å². The van der Waals surface area contributed by atoms with Crippen LogP contribution in [0, 0.1) is 5.41 Å². The van der Waals surface area contributed by atoms with E-state index in [4.69, 9.17) is 9.47 Å². The van der Waals surface area contributed by atoms with E-state index in [0.29, 0.717) is 32.1 Å². The molecule has 2 aliphatic heterocycles. The van der Waals surface area contributed by atoms with Crippen molar-refractivity contribution in [3.8, 4) is 0 Å². The van der Waals surface area contributed by atoms with Crippen molar-refractivity contribution in [2.75, 3.05) is 6.61 Å². The number of ether oxygens (including phenoxy) is 2. The lowest BCUT2D eigenvalue weighted by atomic mass is 9.77. The van der Waals surface area contributed by atoms with Gasteiger partial charge in [-0.05, 0) is 74.7 Å². The molecule has 0 atom stereocenters. The zero-order valence-corrected chi connectivity index (χ0v) is 24.5. The minimum Gasteiger partial charge on any atom is -0.461 e. The number of aliphatic hydroxyl groups excluding tert-OH is 1. The van der Waals surface area contributed by atoms with Crippen LogP contribution < -0.4 is 0 Å². The van der Waals surface area contributed by atoms with Crippen LogP contribution in [0.5, 0.6) is 0 Å². The van der Waals surface area contributed by atoms with Gasteiger partial charge in [0.05, 0.1) is 0 Å². The summed E-state index contributed by atoms with van der Waals surface area (Å²) in [5.74, 6) is -1.29. The van der Waals surface area contributed by atoms with E-state index in [2.05, 4.69) is 0 Å². The number of esters is 2. The van der Waals surface area contributed by atoms with Crippen LogP contribution in [0.1, 0.15) is 120 Å². The van der Waals surface area contributed by atoms with Crippen LogP contribution in [0.4, 0.5) is 0 Å². The van der Waals surface area contributed by atoms with Crippen LogP contribution in [0.2, 0.25) is 0 Å². The zero-order valence-electron chi connectivity index (χ0n) is 24.5. The number of hydrogen-bond donors (Lipinski definition) is 1. The summed E-state index contributed by atoms with van der Waals surface area (Å²) in [7, 11) is 0.